The van der Waals surface area contributed by atoms with Crippen LogP contribution in [0.25, 0.3) is 78.7 Å². The molecular formula is C46H36N6. The highest BCUT2D eigenvalue weighted by atomic mass is 15.1. The van der Waals surface area contributed by atoms with Crippen molar-refractivity contribution in [3.05, 3.63) is 168 Å². The largest absolute Gasteiger partial charge is 0.276 e. The minimum Gasteiger partial charge on any atom is -0.276 e. The van der Waals surface area contributed by atoms with Crippen LogP contribution in [0.2, 0.25) is 0 Å². The summed E-state index contributed by atoms with van der Waals surface area (Å²) >= 11 is 0. The Morgan fingerprint density at radius 3 is 0.981 bits per heavy atom. The number of fused-ring (bicyclic) bond motifs is 2. The second-order valence-corrected chi connectivity index (χ2v) is 13.4. The van der Waals surface area contributed by atoms with Gasteiger partial charge in [-0.3, -0.25) is 9.13 Å². The van der Waals surface area contributed by atoms with Gasteiger partial charge in [0, 0.05) is 23.5 Å². The predicted molar refractivity (Wildman–Crippen MR) is 212 cm³/mol. The van der Waals surface area contributed by atoms with Gasteiger partial charge in [-0.25, -0.2) is 19.9 Å². The first-order valence-corrected chi connectivity index (χ1v) is 17.6. The molecule has 4 heterocycles. The molecule has 0 N–H and O–H groups in total. The van der Waals surface area contributed by atoms with Crippen LogP contribution in [0.5, 0.6) is 0 Å². The maximum Gasteiger partial charge on any atom is 0.164 e. The van der Waals surface area contributed by atoms with Crippen LogP contribution in [0.4, 0.5) is 0 Å². The van der Waals surface area contributed by atoms with Crippen molar-refractivity contribution in [1.29, 1.82) is 0 Å². The Bertz CT molecular complexity index is 2520. The number of rotatable bonds is 6. The quantitative estimate of drug-likeness (QED) is 0.176. The van der Waals surface area contributed by atoms with Crippen molar-refractivity contribution in [1.82, 2.24) is 29.1 Å². The molecule has 0 saturated carbocycles. The predicted octanol–water partition coefficient (Wildman–Crippen LogP) is 11.1. The Kier molecular flexibility index (Phi) is 7.58. The normalized spacial score (nSPS) is 11.5. The first-order chi connectivity index (χ1) is 25.4. The lowest BCUT2D eigenvalue weighted by molar-refractivity contribution is 1.04. The first-order valence-electron chi connectivity index (χ1n) is 17.6. The molecule has 0 aliphatic rings. The van der Waals surface area contributed by atoms with Gasteiger partial charge in [0.1, 0.15) is 22.7 Å². The maximum absolute atomic E-state index is 5.05. The lowest BCUT2D eigenvalue weighted by Crippen LogP contribution is -2.03. The standard InChI is InChI=1S/C46H36N6/c1-29-9-5-10-30(2)41(29)51-43(49-39-13-7-27-47-45(39)51)37-23-19-35(20-24-37)33-15-17-34(18-16-33)36-21-25-38(26-22-36)44-50-40-14-8-28-48-46(40)52(44)42-31(3)11-6-12-32(42)4/h5-28H,1-4H3. The third-order valence-electron chi connectivity index (χ3n) is 10.00. The van der Waals surface area contributed by atoms with E-state index >= 15 is 0 Å². The van der Waals surface area contributed by atoms with Crippen LogP contribution in [0.3, 0.4) is 0 Å². The first kappa shape index (κ1) is 31.3. The van der Waals surface area contributed by atoms with Gasteiger partial charge in [0.2, 0.25) is 0 Å². The second-order valence-electron chi connectivity index (χ2n) is 13.4. The summed E-state index contributed by atoms with van der Waals surface area (Å²) in [5, 5.41) is 0. The van der Waals surface area contributed by atoms with Crippen molar-refractivity contribution >= 4 is 22.3 Å². The fourth-order valence-electron chi connectivity index (χ4n) is 7.43. The lowest BCUT2D eigenvalue weighted by Gasteiger charge is -2.15. The number of aryl methyl sites for hydroxylation is 4. The molecule has 0 bridgehead atoms. The van der Waals surface area contributed by atoms with Gasteiger partial charge in [0.15, 0.2) is 11.3 Å². The Balaban J connectivity index is 1.01. The summed E-state index contributed by atoms with van der Waals surface area (Å²) in [7, 11) is 0. The van der Waals surface area contributed by atoms with Gasteiger partial charge in [0.05, 0.1) is 11.4 Å². The Morgan fingerprint density at radius 1 is 0.346 bits per heavy atom. The fraction of sp³-hybridized carbons (Fsp3) is 0.0870. The molecule has 0 fully saturated rings. The number of nitrogens with zero attached hydrogens (tertiary/aromatic N) is 6. The highest BCUT2D eigenvalue weighted by Gasteiger charge is 2.20. The van der Waals surface area contributed by atoms with Crippen LogP contribution in [0.15, 0.2) is 146 Å². The number of imidazole rings is 2. The minimum atomic E-state index is 0.861. The van der Waals surface area contributed by atoms with Crippen LogP contribution in [0, 0.1) is 27.7 Å². The van der Waals surface area contributed by atoms with Crippen molar-refractivity contribution in [2.75, 3.05) is 0 Å². The number of para-hydroxylation sites is 2. The molecule has 0 unspecified atom stereocenters. The van der Waals surface area contributed by atoms with Crippen LogP contribution in [-0.4, -0.2) is 29.1 Å². The zero-order valence-corrected chi connectivity index (χ0v) is 29.5. The van der Waals surface area contributed by atoms with Crippen LogP contribution in [-0.2, 0) is 0 Å². The van der Waals surface area contributed by atoms with E-state index in [1.54, 1.807) is 0 Å². The molecule has 0 amide bonds. The zero-order chi connectivity index (χ0) is 35.3. The van der Waals surface area contributed by atoms with Crippen molar-refractivity contribution in [3.8, 4) is 56.4 Å². The number of pyridine rings is 2. The third-order valence-corrected chi connectivity index (χ3v) is 10.00. The lowest BCUT2D eigenvalue weighted by atomic mass is 9.98. The van der Waals surface area contributed by atoms with Gasteiger partial charge in [0.25, 0.3) is 0 Å². The van der Waals surface area contributed by atoms with E-state index in [2.05, 4.69) is 146 Å². The summed E-state index contributed by atoms with van der Waals surface area (Å²) in [6.07, 6.45) is 3.67. The van der Waals surface area contributed by atoms with Gasteiger partial charge in [-0.05, 0) is 96.5 Å². The summed E-state index contributed by atoms with van der Waals surface area (Å²) in [5.41, 5.74) is 17.2. The van der Waals surface area contributed by atoms with Gasteiger partial charge in [-0.1, -0.05) is 109 Å². The molecule has 0 aliphatic heterocycles. The van der Waals surface area contributed by atoms with E-state index in [9.17, 15) is 0 Å². The topological polar surface area (TPSA) is 61.4 Å². The van der Waals surface area contributed by atoms with Crippen molar-refractivity contribution in [2.24, 2.45) is 0 Å². The Morgan fingerprint density at radius 2 is 0.654 bits per heavy atom. The maximum atomic E-state index is 5.05. The average Bonchev–Trinajstić information content (AvgIpc) is 3.74. The number of hydrogen-bond acceptors (Lipinski definition) is 4. The second kappa shape index (κ2) is 12.6. The molecule has 0 aliphatic carbocycles. The molecule has 9 aromatic rings. The van der Waals surface area contributed by atoms with Crippen molar-refractivity contribution in [2.45, 2.75) is 27.7 Å². The summed E-state index contributed by atoms with van der Waals surface area (Å²) in [6.45, 7) is 8.57. The van der Waals surface area contributed by atoms with E-state index in [0.717, 1.165) is 78.7 Å². The molecule has 6 nitrogen and oxygen atoms in total. The summed E-state index contributed by atoms with van der Waals surface area (Å²) in [5.74, 6) is 1.77. The fourth-order valence-corrected chi connectivity index (χ4v) is 7.43. The van der Waals surface area contributed by atoms with Gasteiger partial charge < -0.3 is 0 Å². The Hall–Kier alpha value is -6.66. The molecule has 0 saturated heterocycles. The molecule has 0 atom stereocenters. The molecule has 4 aromatic heterocycles. The summed E-state index contributed by atoms with van der Waals surface area (Å²) in [4.78, 5) is 19.6. The molecule has 0 spiro atoms. The van der Waals surface area contributed by atoms with Gasteiger partial charge >= 0.3 is 0 Å². The summed E-state index contributed by atoms with van der Waals surface area (Å²) < 4.78 is 4.40. The molecule has 0 radical (unpaired) electrons. The van der Waals surface area contributed by atoms with E-state index in [1.807, 2.05) is 36.7 Å². The van der Waals surface area contributed by atoms with Crippen molar-refractivity contribution < 1.29 is 0 Å². The van der Waals surface area contributed by atoms with E-state index < -0.39 is 0 Å². The third kappa shape index (κ3) is 5.28. The van der Waals surface area contributed by atoms with Crippen molar-refractivity contribution in [3.63, 3.8) is 0 Å². The highest BCUT2D eigenvalue weighted by Crippen LogP contribution is 2.35. The van der Waals surface area contributed by atoms with E-state index in [1.165, 1.54) is 22.3 Å². The van der Waals surface area contributed by atoms with E-state index in [-0.39, 0.29) is 0 Å². The molecule has 6 heteroatoms. The number of benzene rings is 5. The van der Waals surface area contributed by atoms with Gasteiger partial charge in [-0.2, -0.15) is 0 Å². The molecule has 5 aromatic carbocycles. The average molecular weight is 673 g/mol. The zero-order valence-electron chi connectivity index (χ0n) is 29.5. The van der Waals surface area contributed by atoms with E-state index in [0.29, 0.717) is 0 Å². The van der Waals surface area contributed by atoms with E-state index in [4.69, 9.17) is 19.9 Å². The SMILES string of the molecule is Cc1cccc(C)c1-n1c(-c2ccc(-c3ccc(-c4ccc(-c5nc6cccnc6n5-c5c(C)cccc5C)cc4)cc3)cc2)nc2cccnc21. The number of aromatic nitrogens is 6. The number of hydrogen-bond donors (Lipinski definition) is 0. The highest BCUT2D eigenvalue weighted by molar-refractivity contribution is 5.83. The summed E-state index contributed by atoms with van der Waals surface area (Å²) in [6, 6.07) is 46.8. The molecule has 250 valence electrons. The van der Waals surface area contributed by atoms with Crippen LogP contribution < -0.4 is 0 Å². The molecular weight excluding hydrogens is 637 g/mol. The minimum absolute atomic E-state index is 0.861. The van der Waals surface area contributed by atoms with Crippen LogP contribution >= 0.6 is 0 Å². The monoisotopic (exact) mass is 672 g/mol. The smallest absolute Gasteiger partial charge is 0.164 e. The molecule has 9 rings (SSSR count). The molecule has 52 heavy (non-hydrogen) atoms. The van der Waals surface area contributed by atoms with Crippen LogP contribution in [0.1, 0.15) is 22.3 Å². The van der Waals surface area contributed by atoms with Gasteiger partial charge in [-0.15, -0.1) is 0 Å². The Labute approximate surface area is 302 Å².